The van der Waals surface area contributed by atoms with Crippen molar-refractivity contribution in [2.24, 2.45) is 5.92 Å². The number of hydrogen-bond donors (Lipinski definition) is 1. The average Bonchev–Trinajstić information content (AvgIpc) is 2.82. The fourth-order valence-corrected chi connectivity index (χ4v) is 3.86. The van der Waals surface area contributed by atoms with E-state index >= 15 is 0 Å². The molecule has 0 saturated heterocycles. The molecule has 1 aromatic carbocycles. The van der Waals surface area contributed by atoms with Crippen molar-refractivity contribution in [2.75, 3.05) is 0 Å². The molecule has 1 N–H and O–H groups in total. The van der Waals surface area contributed by atoms with Crippen LogP contribution >= 0.6 is 0 Å². The quantitative estimate of drug-likeness (QED) is 0.519. The lowest BCUT2D eigenvalue weighted by atomic mass is 9.90. The molecule has 1 atom stereocenters. The zero-order chi connectivity index (χ0) is 21.8. The van der Waals surface area contributed by atoms with Crippen LogP contribution in [0.25, 0.3) is 0 Å². The van der Waals surface area contributed by atoms with E-state index in [9.17, 15) is 9.59 Å². The molecule has 0 heterocycles. The maximum atomic E-state index is 12.4. The standard InChI is InChI=1S/C20H21NO2.C7H16/c22-19(15-7-3-1-4-8-15)16-11-13-18(14-12-16)21-20(23)17-9-5-2-6-10-17;1-4-7(5-2)6-3/h1,3-5,7-11,18H,2,6,12-14H2,(H,21,23);7H,4-6H2,1-3H3. The lowest BCUT2D eigenvalue weighted by molar-refractivity contribution is -0.117. The molecule has 3 heteroatoms. The Hall–Kier alpha value is -2.42. The minimum atomic E-state index is -0.00261. The molecule has 2 aliphatic rings. The number of carbonyl (C=O) groups excluding carboxylic acids is 2. The Labute approximate surface area is 182 Å². The topological polar surface area (TPSA) is 46.2 Å². The molecule has 1 amide bonds. The fraction of sp³-hybridized carbons (Fsp3) is 0.481. The van der Waals surface area contributed by atoms with E-state index in [0.717, 1.165) is 48.3 Å². The van der Waals surface area contributed by atoms with E-state index in [2.05, 4.69) is 26.1 Å². The first-order valence-electron chi connectivity index (χ1n) is 11.5. The number of benzene rings is 1. The van der Waals surface area contributed by atoms with Gasteiger partial charge in [0.05, 0.1) is 0 Å². The predicted molar refractivity (Wildman–Crippen MR) is 125 cm³/mol. The van der Waals surface area contributed by atoms with Gasteiger partial charge in [-0.1, -0.05) is 94.7 Å². The molecule has 3 nitrogen and oxygen atoms in total. The Morgan fingerprint density at radius 3 is 2.20 bits per heavy atom. The van der Waals surface area contributed by atoms with Gasteiger partial charge in [0.1, 0.15) is 0 Å². The van der Waals surface area contributed by atoms with Gasteiger partial charge in [0.15, 0.2) is 5.78 Å². The van der Waals surface area contributed by atoms with Crippen LogP contribution in [0.3, 0.4) is 0 Å². The average molecular weight is 408 g/mol. The van der Waals surface area contributed by atoms with Gasteiger partial charge in [0.25, 0.3) is 5.91 Å². The third-order valence-electron chi connectivity index (χ3n) is 6.06. The van der Waals surface area contributed by atoms with E-state index in [1.807, 2.05) is 54.6 Å². The Balaban J connectivity index is 0.000000396. The molecule has 0 fully saturated rings. The summed E-state index contributed by atoms with van der Waals surface area (Å²) in [6.07, 6.45) is 16.1. The Morgan fingerprint density at radius 1 is 1.00 bits per heavy atom. The van der Waals surface area contributed by atoms with Gasteiger partial charge in [0.2, 0.25) is 0 Å². The summed E-state index contributed by atoms with van der Waals surface area (Å²) < 4.78 is 0. The number of Topliss-reactive ketones (excluding diaryl/α,β-unsaturated/α-hetero) is 1. The summed E-state index contributed by atoms with van der Waals surface area (Å²) in [5.74, 6) is 1.09. The summed E-state index contributed by atoms with van der Waals surface area (Å²) in [4.78, 5) is 24.6. The van der Waals surface area contributed by atoms with Gasteiger partial charge in [-0.25, -0.2) is 0 Å². The van der Waals surface area contributed by atoms with Crippen LogP contribution in [0.5, 0.6) is 0 Å². The molecular formula is C27H37NO2. The second-order valence-electron chi connectivity index (χ2n) is 8.10. The summed E-state index contributed by atoms with van der Waals surface area (Å²) >= 11 is 0. The molecule has 0 aliphatic heterocycles. The van der Waals surface area contributed by atoms with E-state index in [1.54, 1.807) is 0 Å². The van der Waals surface area contributed by atoms with Gasteiger partial charge in [-0.15, -0.1) is 0 Å². The summed E-state index contributed by atoms with van der Waals surface area (Å²) in [7, 11) is 0. The lowest BCUT2D eigenvalue weighted by Crippen LogP contribution is -2.37. The van der Waals surface area contributed by atoms with E-state index in [4.69, 9.17) is 0 Å². The molecule has 3 rings (SSSR count). The van der Waals surface area contributed by atoms with Gasteiger partial charge in [0, 0.05) is 17.2 Å². The summed E-state index contributed by atoms with van der Waals surface area (Å²) in [5.41, 5.74) is 2.35. The van der Waals surface area contributed by atoms with Crippen LogP contribution in [0.4, 0.5) is 0 Å². The molecule has 0 bridgehead atoms. The Kier molecular flexibility index (Phi) is 10.3. The highest BCUT2D eigenvalue weighted by Crippen LogP contribution is 2.22. The highest BCUT2D eigenvalue weighted by Gasteiger charge is 2.21. The molecule has 1 unspecified atom stereocenters. The molecule has 0 saturated carbocycles. The van der Waals surface area contributed by atoms with Crippen LogP contribution in [0.15, 0.2) is 65.8 Å². The van der Waals surface area contributed by atoms with Gasteiger partial charge in [-0.05, 0) is 43.6 Å². The van der Waals surface area contributed by atoms with Gasteiger partial charge in [-0.2, -0.15) is 0 Å². The number of nitrogens with one attached hydrogen (secondary N) is 1. The Bertz CT molecular complexity index is 764. The zero-order valence-corrected chi connectivity index (χ0v) is 18.8. The van der Waals surface area contributed by atoms with Crippen LogP contribution in [0.2, 0.25) is 0 Å². The first-order valence-corrected chi connectivity index (χ1v) is 11.5. The van der Waals surface area contributed by atoms with Gasteiger partial charge < -0.3 is 5.32 Å². The molecule has 2 aliphatic carbocycles. The molecule has 162 valence electrons. The third kappa shape index (κ3) is 7.44. The van der Waals surface area contributed by atoms with Crippen molar-refractivity contribution in [3.05, 3.63) is 71.3 Å². The highest BCUT2D eigenvalue weighted by molar-refractivity contribution is 6.08. The normalized spacial score (nSPS) is 18.1. The molecule has 30 heavy (non-hydrogen) atoms. The maximum absolute atomic E-state index is 12.4. The number of rotatable bonds is 7. The summed E-state index contributed by atoms with van der Waals surface area (Å²) in [6, 6.07) is 9.48. The van der Waals surface area contributed by atoms with Crippen LogP contribution in [0.1, 0.15) is 82.5 Å². The van der Waals surface area contributed by atoms with Crippen molar-refractivity contribution in [1.82, 2.24) is 5.32 Å². The van der Waals surface area contributed by atoms with E-state index < -0.39 is 0 Å². The number of ketones is 1. The molecule has 0 aromatic heterocycles. The minimum absolute atomic E-state index is 0.00261. The van der Waals surface area contributed by atoms with E-state index in [0.29, 0.717) is 6.42 Å². The number of amides is 1. The largest absolute Gasteiger partial charge is 0.349 e. The second-order valence-corrected chi connectivity index (χ2v) is 8.10. The van der Waals surface area contributed by atoms with E-state index in [-0.39, 0.29) is 17.7 Å². The molecule has 0 radical (unpaired) electrons. The first-order chi connectivity index (χ1) is 14.6. The van der Waals surface area contributed by atoms with Gasteiger partial charge in [-0.3, -0.25) is 9.59 Å². The summed E-state index contributed by atoms with van der Waals surface area (Å²) in [6.45, 7) is 6.78. The fourth-order valence-electron chi connectivity index (χ4n) is 3.86. The number of allylic oxidation sites excluding steroid dienone is 3. The number of hydrogen-bond acceptors (Lipinski definition) is 2. The van der Waals surface area contributed by atoms with Crippen LogP contribution in [0, 0.1) is 5.92 Å². The smallest absolute Gasteiger partial charge is 0.251 e. The van der Waals surface area contributed by atoms with Crippen molar-refractivity contribution in [3.8, 4) is 0 Å². The van der Waals surface area contributed by atoms with Crippen molar-refractivity contribution < 1.29 is 9.59 Å². The summed E-state index contributed by atoms with van der Waals surface area (Å²) in [5, 5.41) is 3.07. The van der Waals surface area contributed by atoms with Crippen molar-refractivity contribution in [2.45, 2.75) is 78.2 Å². The minimum Gasteiger partial charge on any atom is -0.349 e. The van der Waals surface area contributed by atoms with Gasteiger partial charge >= 0.3 is 0 Å². The molecule has 1 aromatic rings. The molecule has 0 spiro atoms. The Morgan fingerprint density at radius 2 is 1.70 bits per heavy atom. The zero-order valence-electron chi connectivity index (χ0n) is 18.8. The maximum Gasteiger partial charge on any atom is 0.251 e. The number of carbonyl (C=O) groups is 2. The predicted octanol–water partition coefficient (Wildman–Crippen LogP) is 6.57. The highest BCUT2D eigenvalue weighted by atomic mass is 16.1. The van der Waals surface area contributed by atoms with Crippen LogP contribution in [-0.4, -0.2) is 17.7 Å². The van der Waals surface area contributed by atoms with Crippen molar-refractivity contribution >= 4 is 11.7 Å². The van der Waals surface area contributed by atoms with E-state index in [1.165, 1.54) is 19.3 Å². The monoisotopic (exact) mass is 407 g/mol. The molecular weight excluding hydrogens is 370 g/mol. The third-order valence-corrected chi connectivity index (χ3v) is 6.06. The SMILES string of the molecule is CCC(CC)CC.O=C(NC1CC=C(C(=O)c2ccccc2)CC1)C1=CCCC=C1. The van der Waals surface area contributed by atoms with Crippen molar-refractivity contribution in [1.29, 1.82) is 0 Å². The second kappa shape index (κ2) is 13.0. The van der Waals surface area contributed by atoms with Crippen LogP contribution < -0.4 is 5.32 Å². The van der Waals surface area contributed by atoms with Crippen LogP contribution in [-0.2, 0) is 4.79 Å². The van der Waals surface area contributed by atoms with Crippen molar-refractivity contribution in [3.63, 3.8) is 0 Å². The first kappa shape index (κ1) is 23.9. The lowest BCUT2D eigenvalue weighted by Gasteiger charge is -2.23.